The molecule has 0 spiro atoms. The van der Waals surface area contributed by atoms with Gasteiger partial charge in [-0.15, -0.1) is 11.3 Å². The van der Waals surface area contributed by atoms with Crippen molar-refractivity contribution in [2.24, 2.45) is 0 Å². The number of hydrogen-bond donors (Lipinski definition) is 3. The van der Waals surface area contributed by atoms with Crippen molar-refractivity contribution in [1.29, 1.82) is 0 Å². The molecule has 2 unspecified atom stereocenters. The molecule has 0 fully saturated rings. The lowest BCUT2D eigenvalue weighted by Crippen LogP contribution is -2.53. The third kappa shape index (κ3) is 7.02. The van der Waals surface area contributed by atoms with E-state index < -0.39 is 30.1 Å². The van der Waals surface area contributed by atoms with Gasteiger partial charge in [0, 0.05) is 11.3 Å². The topological polar surface area (TPSA) is 127 Å². The Morgan fingerprint density at radius 3 is 2.26 bits per heavy atom. The summed E-state index contributed by atoms with van der Waals surface area (Å²) >= 11 is 1.25. The van der Waals surface area contributed by atoms with E-state index in [9.17, 15) is 14.4 Å². The first-order chi connectivity index (χ1) is 20.4. The first-order valence-electron chi connectivity index (χ1n) is 13.6. The number of carbonyl (C=O) groups excluding carboxylic acids is 2. The summed E-state index contributed by atoms with van der Waals surface area (Å²) in [7, 11) is 0. The van der Waals surface area contributed by atoms with Crippen LogP contribution in [-0.2, 0) is 38.6 Å². The number of carbonyl (C=O) groups is 3. The Labute approximate surface area is 247 Å². The molecule has 1 aliphatic carbocycles. The van der Waals surface area contributed by atoms with Crippen LogP contribution in [0.25, 0.3) is 11.1 Å². The Hall–Kier alpha value is -4.54. The minimum absolute atomic E-state index is 0.0807. The van der Waals surface area contributed by atoms with Gasteiger partial charge in [-0.2, -0.15) is 0 Å². The predicted octanol–water partition coefficient (Wildman–Crippen LogP) is 4.90. The molecule has 0 saturated heterocycles. The summed E-state index contributed by atoms with van der Waals surface area (Å²) in [5.41, 5.74) is 5.77. The van der Waals surface area contributed by atoms with Crippen LogP contribution in [0.4, 0.5) is 4.79 Å². The largest absolute Gasteiger partial charge is 0.481 e. The first-order valence-corrected chi connectivity index (χ1v) is 14.5. The zero-order valence-electron chi connectivity index (χ0n) is 23.0. The summed E-state index contributed by atoms with van der Waals surface area (Å²) in [6.07, 6.45) is -1.62. The van der Waals surface area contributed by atoms with E-state index in [1.165, 1.54) is 11.3 Å². The number of fused-ring (bicyclic) bond motifs is 3. The molecule has 216 valence electrons. The van der Waals surface area contributed by atoms with E-state index in [1.807, 2.05) is 66.7 Å². The van der Waals surface area contributed by atoms with Crippen LogP contribution >= 0.6 is 11.3 Å². The van der Waals surface area contributed by atoms with E-state index in [0.29, 0.717) is 10.7 Å². The predicted molar refractivity (Wildman–Crippen MR) is 158 cm³/mol. The van der Waals surface area contributed by atoms with Gasteiger partial charge in [0.15, 0.2) is 0 Å². The highest BCUT2D eigenvalue weighted by Crippen LogP contribution is 2.44. The zero-order valence-corrected chi connectivity index (χ0v) is 23.8. The molecule has 1 aliphatic rings. The van der Waals surface area contributed by atoms with Crippen LogP contribution in [0, 0.1) is 0 Å². The van der Waals surface area contributed by atoms with E-state index >= 15 is 0 Å². The van der Waals surface area contributed by atoms with Crippen LogP contribution in [0.1, 0.15) is 40.2 Å². The summed E-state index contributed by atoms with van der Waals surface area (Å²) in [6.45, 7) is 2.16. The molecule has 2 amide bonds. The van der Waals surface area contributed by atoms with E-state index in [0.717, 1.165) is 27.8 Å². The average Bonchev–Trinajstić information content (AvgIpc) is 3.58. The SMILES string of the molecule is CC(OCc1ccccc1)C(NC(=O)OCC1c2ccccc2-c2ccccc21)C(=O)NCc1nc(CC(=O)O)cs1. The molecule has 42 heavy (non-hydrogen) atoms. The van der Waals surface area contributed by atoms with E-state index in [4.69, 9.17) is 14.6 Å². The van der Waals surface area contributed by atoms with E-state index in [2.05, 4.69) is 27.8 Å². The van der Waals surface area contributed by atoms with Crippen molar-refractivity contribution >= 4 is 29.3 Å². The number of ether oxygens (including phenoxy) is 2. The zero-order chi connectivity index (χ0) is 29.5. The maximum atomic E-state index is 13.3. The number of alkyl carbamates (subject to hydrolysis) is 1. The Morgan fingerprint density at radius 1 is 0.952 bits per heavy atom. The van der Waals surface area contributed by atoms with Crippen LogP contribution in [-0.4, -0.2) is 46.8 Å². The van der Waals surface area contributed by atoms with Gasteiger partial charge in [-0.25, -0.2) is 9.78 Å². The highest BCUT2D eigenvalue weighted by Gasteiger charge is 2.31. The van der Waals surface area contributed by atoms with Crippen molar-refractivity contribution < 1.29 is 29.0 Å². The molecule has 1 aromatic heterocycles. The van der Waals surface area contributed by atoms with Crippen molar-refractivity contribution in [3.8, 4) is 11.1 Å². The molecular formula is C32H31N3O6S. The number of hydrogen-bond acceptors (Lipinski definition) is 7. The summed E-state index contributed by atoms with van der Waals surface area (Å²) in [4.78, 5) is 41.6. The van der Waals surface area contributed by atoms with Gasteiger partial charge in [0.05, 0.1) is 31.4 Å². The summed E-state index contributed by atoms with van der Waals surface area (Å²) in [5, 5.41) is 16.7. The normalized spacial score (nSPS) is 13.5. The summed E-state index contributed by atoms with van der Waals surface area (Å²) < 4.78 is 11.7. The number of benzene rings is 3. The number of nitrogens with one attached hydrogen (secondary N) is 2. The van der Waals surface area contributed by atoms with Crippen LogP contribution < -0.4 is 10.6 Å². The molecule has 0 aliphatic heterocycles. The van der Waals surface area contributed by atoms with Crippen LogP contribution in [0.5, 0.6) is 0 Å². The molecule has 5 rings (SSSR count). The van der Waals surface area contributed by atoms with Gasteiger partial charge in [0.1, 0.15) is 17.7 Å². The lowest BCUT2D eigenvalue weighted by Gasteiger charge is -2.25. The lowest BCUT2D eigenvalue weighted by atomic mass is 9.98. The maximum Gasteiger partial charge on any atom is 0.407 e. The van der Waals surface area contributed by atoms with Crippen molar-refractivity contribution in [3.05, 3.63) is 112 Å². The minimum atomic E-state index is -1.05. The second-order valence-corrected chi connectivity index (χ2v) is 10.9. The van der Waals surface area contributed by atoms with Gasteiger partial charge in [-0.3, -0.25) is 9.59 Å². The number of carboxylic acids is 1. The van der Waals surface area contributed by atoms with E-state index in [-0.39, 0.29) is 32.1 Å². The number of carboxylic acid groups (broad SMARTS) is 1. The van der Waals surface area contributed by atoms with Gasteiger partial charge in [-0.1, -0.05) is 78.9 Å². The number of aromatic nitrogens is 1. The molecular weight excluding hydrogens is 554 g/mol. The Bertz CT molecular complexity index is 1510. The quantitative estimate of drug-likeness (QED) is 0.216. The Morgan fingerprint density at radius 2 is 1.60 bits per heavy atom. The Kier molecular flexibility index (Phi) is 9.25. The molecule has 0 saturated carbocycles. The number of aliphatic carboxylic acids is 1. The van der Waals surface area contributed by atoms with Gasteiger partial charge < -0.3 is 25.2 Å². The first kappa shape index (κ1) is 29.0. The summed E-state index contributed by atoms with van der Waals surface area (Å²) in [5.74, 6) is -1.57. The number of thiazole rings is 1. The second-order valence-electron chi connectivity index (χ2n) is 9.97. The molecule has 9 nitrogen and oxygen atoms in total. The van der Waals surface area contributed by atoms with E-state index in [1.54, 1.807) is 12.3 Å². The smallest absolute Gasteiger partial charge is 0.407 e. The molecule has 0 radical (unpaired) electrons. The lowest BCUT2D eigenvalue weighted by molar-refractivity contribution is -0.136. The monoisotopic (exact) mass is 585 g/mol. The number of rotatable bonds is 12. The molecule has 3 N–H and O–H groups in total. The molecule has 3 aromatic carbocycles. The van der Waals surface area contributed by atoms with Crippen molar-refractivity contribution in [2.75, 3.05) is 6.61 Å². The summed E-state index contributed by atoms with van der Waals surface area (Å²) in [6, 6.07) is 24.6. The number of amides is 2. The number of nitrogens with zero attached hydrogens (tertiary/aromatic N) is 1. The fourth-order valence-electron chi connectivity index (χ4n) is 5.00. The van der Waals surface area contributed by atoms with Crippen LogP contribution in [0.2, 0.25) is 0 Å². The molecule has 1 heterocycles. The highest BCUT2D eigenvalue weighted by atomic mass is 32.1. The molecule has 2 atom stereocenters. The standard InChI is InChI=1S/C32H31N3O6S/c1-20(40-17-21-9-3-2-4-10-21)30(31(38)33-16-28-34-22(19-42-28)15-29(36)37)35-32(39)41-18-27-25-13-7-5-11-23(25)24-12-6-8-14-26(24)27/h2-14,19-20,27,30H,15-18H2,1H3,(H,33,38)(H,35,39)(H,36,37). The van der Waals surface area contributed by atoms with Gasteiger partial charge in [-0.05, 0) is 34.7 Å². The average molecular weight is 586 g/mol. The van der Waals surface area contributed by atoms with Crippen molar-refractivity contribution in [2.45, 2.75) is 44.6 Å². The molecule has 4 aromatic rings. The minimum Gasteiger partial charge on any atom is -0.481 e. The fraction of sp³-hybridized carbons (Fsp3) is 0.250. The highest BCUT2D eigenvalue weighted by molar-refractivity contribution is 7.09. The van der Waals surface area contributed by atoms with Gasteiger partial charge >= 0.3 is 12.1 Å². The fourth-order valence-corrected chi connectivity index (χ4v) is 5.73. The van der Waals surface area contributed by atoms with Gasteiger partial charge in [0.2, 0.25) is 5.91 Å². The van der Waals surface area contributed by atoms with Crippen LogP contribution in [0.3, 0.4) is 0 Å². The third-order valence-electron chi connectivity index (χ3n) is 7.07. The van der Waals surface area contributed by atoms with Crippen molar-refractivity contribution in [3.63, 3.8) is 0 Å². The second kappa shape index (κ2) is 13.4. The van der Waals surface area contributed by atoms with Crippen LogP contribution in [0.15, 0.2) is 84.2 Å². The van der Waals surface area contributed by atoms with Gasteiger partial charge in [0.25, 0.3) is 0 Å². The molecule has 0 bridgehead atoms. The Balaban J connectivity index is 1.24. The third-order valence-corrected chi connectivity index (χ3v) is 7.97. The van der Waals surface area contributed by atoms with Crippen molar-refractivity contribution in [1.82, 2.24) is 15.6 Å². The molecule has 10 heteroatoms. The maximum absolute atomic E-state index is 13.3.